The summed E-state index contributed by atoms with van der Waals surface area (Å²) >= 11 is 0. The van der Waals surface area contributed by atoms with E-state index in [0.717, 1.165) is 13.2 Å². The highest BCUT2D eigenvalue weighted by atomic mass is 16.5. The highest BCUT2D eigenvalue weighted by molar-refractivity contribution is 5.19. The van der Waals surface area contributed by atoms with E-state index in [0.29, 0.717) is 19.1 Å². The molecule has 0 saturated carbocycles. The Labute approximate surface area is 123 Å². The lowest BCUT2D eigenvalue weighted by molar-refractivity contribution is -0.00808. The van der Waals surface area contributed by atoms with Gasteiger partial charge in [-0.25, -0.2) is 0 Å². The van der Waals surface area contributed by atoms with Gasteiger partial charge in [0.15, 0.2) is 0 Å². The van der Waals surface area contributed by atoms with Gasteiger partial charge in [-0.1, -0.05) is 51.1 Å². The van der Waals surface area contributed by atoms with Crippen LogP contribution in [0.15, 0.2) is 30.3 Å². The van der Waals surface area contributed by atoms with Gasteiger partial charge in [-0.05, 0) is 24.9 Å². The molecular weight excluding hydrogens is 250 g/mol. The van der Waals surface area contributed by atoms with Gasteiger partial charge in [-0.15, -0.1) is 0 Å². The van der Waals surface area contributed by atoms with Crippen LogP contribution in [0.2, 0.25) is 0 Å². The minimum Gasteiger partial charge on any atom is -0.379 e. The van der Waals surface area contributed by atoms with Crippen molar-refractivity contribution >= 4 is 0 Å². The van der Waals surface area contributed by atoms with Gasteiger partial charge in [-0.2, -0.15) is 0 Å². The first-order valence-electron chi connectivity index (χ1n) is 7.62. The molecule has 20 heavy (non-hydrogen) atoms. The molecule has 114 valence electrons. The fraction of sp³-hybridized carbons (Fsp3) is 0.647. The van der Waals surface area contributed by atoms with Gasteiger partial charge in [0.2, 0.25) is 0 Å². The lowest BCUT2D eigenvalue weighted by atomic mass is 10.0. The van der Waals surface area contributed by atoms with Gasteiger partial charge in [0, 0.05) is 6.61 Å². The fourth-order valence-electron chi connectivity index (χ4n) is 2.14. The van der Waals surface area contributed by atoms with Gasteiger partial charge >= 0.3 is 0 Å². The van der Waals surface area contributed by atoms with Crippen molar-refractivity contribution in [3.63, 3.8) is 0 Å². The van der Waals surface area contributed by atoms with Gasteiger partial charge in [-0.3, -0.25) is 0 Å². The monoisotopic (exact) mass is 279 g/mol. The third-order valence-corrected chi connectivity index (χ3v) is 3.11. The third-order valence-electron chi connectivity index (χ3n) is 3.11. The first kappa shape index (κ1) is 17.2. The van der Waals surface area contributed by atoms with E-state index in [9.17, 15) is 0 Å². The predicted molar refractivity (Wildman–Crippen MR) is 83.9 cm³/mol. The van der Waals surface area contributed by atoms with Crippen LogP contribution in [0.4, 0.5) is 0 Å². The van der Waals surface area contributed by atoms with Crippen molar-refractivity contribution in [2.45, 2.75) is 39.8 Å². The molecule has 0 aliphatic rings. The molecule has 0 aromatic heterocycles. The van der Waals surface area contributed by atoms with Gasteiger partial charge in [0.05, 0.1) is 25.4 Å². The minimum atomic E-state index is 0.125. The van der Waals surface area contributed by atoms with Crippen LogP contribution in [0.25, 0.3) is 0 Å². The van der Waals surface area contributed by atoms with Crippen LogP contribution in [-0.2, 0) is 9.47 Å². The van der Waals surface area contributed by atoms with Crippen molar-refractivity contribution in [3.8, 4) is 0 Å². The summed E-state index contributed by atoms with van der Waals surface area (Å²) in [5, 5.41) is 3.49. The van der Waals surface area contributed by atoms with E-state index in [4.69, 9.17) is 9.47 Å². The molecule has 0 heterocycles. The fourth-order valence-corrected chi connectivity index (χ4v) is 2.14. The van der Waals surface area contributed by atoms with E-state index in [1.165, 1.54) is 5.56 Å². The second kappa shape index (κ2) is 9.92. The maximum absolute atomic E-state index is 5.91. The van der Waals surface area contributed by atoms with E-state index in [-0.39, 0.29) is 12.1 Å². The molecule has 0 bridgehead atoms. The molecule has 3 heteroatoms. The van der Waals surface area contributed by atoms with Crippen molar-refractivity contribution in [1.82, 2.24) is 5.32 Å². The zero-order chi connectivity index (χ0) is 14.8. The van der Waals surface area contributed by atoms with Crippen LogP contribution < -0.4 is 5.32 Å². The second-order valence-corrected chi connectivity index (χ2v) is 5.49. The number of hydrogen-bond acceptors (Lipinski definition) is 3. The van der Waals surface area contributed by atoms with Crippen molar-refractivity contribution in [1.29, 1.82) is 0 Å². The zero-order valence-corrected chi connectivity index (χ0v) is 13.3. The van der Waals surface area contributed by atoms with E-state index < -0.39 is 0 Å². The Morgan fingerprint density at radius 2 is 1.75 bits per heavy atom. The van der Waals surface area contributed by atoms with E-state index in [2.05, 4.69) is 57.3 Å². The van der Waals surface area contributed by atoms with E-state index >= 15 is 0 Å². The van der Waals surface area contributed by atoms with Crippen LogP contribution >= 0.6 is 0 Å². The van der Waals surface area contributed by atoms with Crippen LogP contribution in [0, 0.1) is 5.92 Å². The van der Waals surface area contributed by atoms with Crippen LogP contribution in [0.3, 0.4) is 0 Å². The second-order valence-electron chi connectivity index (χ2n) is 5.49. The zero-order valence-electron chi connectivity index (χ0n) is 13.3. The maximum atomic E-state index is 5.91. The lowest BCUT2D eigenvalue weighted by Crippen LogP contribution is -2.32. The number of ether oxygens (including phenoxy) is 2. The summed E-state index contributed by atoms with van der Waals surface area (Å²) < 4.78 is 11.5. The molecule has 1 rings (SSSR count). The smallest absolute Gasteiger partial charge is 0.0742 e. The molecule has 0 radical (unpaired) electrons. The van der Waals surface area contributed by atoms with E-state index in [1.54, 1.807) is 0 Å². The molecule has 0 aliphatic carbocycles. The standard InChI is InChI=1S/C17H29NO2/c1-5-18-17(16-9-7-6-8-10-16)15(4)20-12-11-19-13-14(2)3/h6-10,14-15,17-18H,5,11-13H2,1-4H3. The van der Waals surface area contributed by atoms with E-state index in [1.807, 2.05) is 6.07 Å². The molecule has 3 nitrogen and oxygen atoms in total. The quantitative estimate of drug-likeness (QED) is 0.666. The average Bonchev–Trinajstić information content (AvgIpc) is 2.44. The van der Waals surface area contributed by atoms with Crippen molar-refractivity contribution in [2.75, 3.05) is 26.4 Å². The summed E-state index contributed by atoms with van der Waals surface area (Å²) in [6, 6.07) is 10.7. The Morgan fingerprint density at radius 3 is 2.35 bits per heavy atom. The SMILES string of the molecule is CCNC(c1ccccc1)C(C)OCCOCC(C)C. The number of nitrogens with one attached hydrogen (secondary N) is 1. The molecule has 2 atom stereocenters. The lowest BCUT2D eigenvalue weighted by Gasteiger charge is -2.25. The Kier molecular flexibility index (Phi) is 8.51. The summed E-state index contributed by atoms with van der Waals surface area (Å²) in [6.45, 7) is 11.6. The molecule has 0 aliphatic heterocycles. The molecule has 1 N–H and O–H groups in total. The Bertz CT molecular complexity index is 340. The van der Waals surface area contributed by atoms with Gasteiger partial charge < -0.3 is 14.8 Å². The first-order chi connectivity index (χ1) is 9.65. The van der Waals surface area contributed by atoms with Crippen molar-refractivity contribution in [3.05, 3.63) is 35.9 Å². The molecule has 0 amide bonds. The summed E-state index contributed by atoms with van der Waals surface area (Å²) in [7, 11) is 0. The number of likely N-dealkylation sites (N-methyl/N-ethyl adjacent to an activating group) is 1. The largest absolute Gasteiger partial charge is 0.379 e. The normalized spacial score (nSPS) is 14.4. The Hall–Kier alpha value is -0.900. The van der Waals surface area contributed by atoms with Crippen LogP contribution in [-0.4, -0.2) is 32.5 Å². The summed E-state index contributed by atoms with van der Waals surface area (Å²) in [6.07, 6.45) is 0.125. The third kappa shape index (κ3) is 6.51. The molecule has 0 fully saturated rings. The van der Waals surface area contributed by atoms with Crippen LogP contribution in [0.5, 0.6) is 0 Å². The molecular formula is C17H29NO2. The maximum Gasteiger partial charge on any atom is 0.0742 e. The Balaban J connectivity index is 2.39. The first-order valence-corrected chi connectivity index (χ1v) is 7.62. The minimum absolute atomic E-state index is 0.125. The van der Waals surface area contributed by atoms with Crippen molar-refractivity contribution < 1.29 is 9.47 Å². The highest BCUT2D eigenvalue weighted by Crippen LogP contribution is 2.18. The summed E-state index contributed by atoms with van der Waals surface area (Å²) in [5.41, 5.74) is 1.27. The van der Waals surface area contributed by atoms with Crippen molar-refractivity contribution in [2.24, 2.45) is 5.92 Å². The predicted octanol–water partition coefficient (Wildman–Crippen LogP) is 3.41. The topological polar surface area (TPSA) is 30.5 Å². The average molecular weight is 279 g/mol. The molecule has 0 spiro atoms. The molecule has 0 saturated heterocycles. The number of hydrogen-bond donors (Lipinski definition) is 1. The van der Waals surface area contributed by atoms with Crippen LogP contribution in [0.1, 0.15) is 39.3 Å². The molecule has 2 unspecified atom stereocenters. The molecule has 1 aromatic rings. The Morgan fingerprint density at radius 1 is 1.05 bits per heavy atom. The molecule has 1 aromatic carbocycles. The highest BCUT2D eigenvalue weighted by Gasteiger charge is 2.18. The van der Waals surface area contributed by atoms with Gasteiger partial charge in [0.1, 0.15) is 0 Å². The van der Waals surface area contributed by atoms with Gasteiger partial charge in [0.25, 0.3) is 0 Å². The number of benzene rings is 1. The summed E-state index contributed by atoms with van der Waals surface area (Å²) in [4.78, 5) is 0. The summed E-state index contributed by atoms with van der Waals surface area (Å²) in [5.74, 6) is 0.575. The number of rotatable bonds is 10.